The Morgan fingerprint density at radius 3 is 2.72 bits per heavy atom. The van der Waals surface area contributed by atoms with E-state index in [0.29, 0.717) is 17.9 Å². The van der Waals surface area contributed by atoms with Gasteiger partial charge in [0.2, 0.25) is 0 Å². The molecule has 18 heavy (non-hydrogen) atoms. The van der Waals surface area contributed by atoms with E-state index >= 15 is 0 Å². The summed E-state index contributed by atoms with van der Waals surface area (Å²) >= 11 is 3.36. The molecule has 0 aliphatic heterocycles. The molecule has 2 N–H and O–H groups in total. The number of ether oxygens (including phenoxy) is 1. The third-order valence-electron chi connectivity index (χ3n) is 2.34. The van der Waals surface area contributed by atoms with Gasteiger partial charge in [-0.1, -0.05) is 0 Å². The summed E-state index contributed by atoms with van der Waals surface area (Å²) in [4.78, 5) is 12.0. The largest absolute Gasteiger partial charge is 0.493 e. The predicted octanol–water partition coefficient (Wildman–Crippen LogP) is 2.35. The fraction of sp³-hybridized carbons (Fsp3) is 0.462. The van der Waals surface area contributed by atoms with Crippen LogP contribution in [0.2, 0.25) is 0 Å². The van der Waals surface area contributed by atoms with Crippen molar-refractivity contribution in [3.05, 3.63) is 28.2 Å². The summed E-state index contributed by atoms with van der Waals surface area (Å²) in [6.45, 7) is 5.81. The Bertz CT molecular complexity index is 432. The maximum atomic E-state index is 12.0. The van der Waals surface area contributed by atoms with Gasteiger partial charge in [-0.15, -0.1) is 0 Å². The van der Waals surface area contributed by atoms with E-state index in [-0.39, 0.29) is 12.5 Å². The molecule has 0 aromatic heterocycles. The zero-order valence-electron chi connectivity index (χ0n) is 10.8. The number of aliphatic hydroxyl groups excluding tert-OH is 1. The molecule has 1 amide bonds. The average Bonchev–Trinajstić information content (AvgIpc) is 2.31. The maximum Gasteiger partial charge on any atom is 0.251 e. The van der Waals surface area contributed by atoms with Gasteiger partial charge in [0, 0.05) is 5.56 Å². The number of carbonyl (C=O) groups is 1. The Hall–Kier alpha value is -1.07. The SMILES string of the molecule is CCOc1cc(C(=O)NC(C)(C)CO)ccc1Br. The lowest BCUT2D eigenvalue weighted by Crippen LogP contribution is -2.46. The van der Waals surface area contributed by atoms with Crippen LogP contribution in [-0.4, -0.2) is 29.8 Å². The molecule has 0 aliphatic rings. The van der Waals surface area contributed by atoms with Crippen LogP contribution in [-0.2, 0) is 0 Å². The average molecular weight is 316 g/mol. The minimum atomic E-state index is -0.643. The van der Waals surface area contributed by atoms with Crippen LogP contribution in [0.15, 0.2) is 22.7 Å². The molecule has 0 unspecified atom stereocenters. The highest BCUT2D eigenvalue weighted by atomic mass is 79.9. The highest BCUT2D eigenvalue weighted by molar-refractivity contribution is 9.10. The molecular weight excluding hydrogens is 298 g/mol. The molecule has 0 saturated heterocycles. The van der Waals surface area contributed by atoms with Gasteiger partial charge in [0.05, 0.1) is 23.2 Å². The summed E-state index contributed by atoms with van der Waals surface area (Å²) in [6.07, 6.45) is 0. The first-order chi connectivity index (χ1) is 8.39. The van der Waals surface area contributed by atoms with Crippen molar-refractivity contribution in [2.75, 3.05) is 13.2 Å². The number of hydrogen-bond donors (Lipinski definition) is 2. The molecule has 1 aromatic carbocycles. The van der Waals surface area contributed by atoms with E-state index in [4.69, 9.17) is 9.84 Å². The summed E-state index contributed by atoms with van der Waals surface area (Å²) in [7, 11) is 0. The molecule has 1 rings (SSSR count). The van der Waals surface area contributed by atoms with Crippen molar-refractivity contribution in [2.24, 2.45) is 0 Å². The molecule has 1 aromatic rings. The van der Waals surface area contributed by atoms with Crippen molar-refractivity contribution in [3.63, 3.8) is 0 Å². The van der Waals surface area contributed by atoms with Gasteiger partial charge in [-0.2, -0.15) is 0 Å². The number of rotatable bonds is 5. The van der Waals surface area contributed by atoms with Crippen molar-refractivity contribution in [3.8, 4) is 5.75 Å². The number of aliphatic hydroxyl groups is 1. The number of nitrogens with one attached hydrogen (secondary N) is 1. The van der Waals surface area contributed by atoms with Crippen LogP contribution >= 0.6 is 15.9 Å². The lowest BCUT2D eigenvalue weighted by molar-refractivity contribution is 0.0869. The highest BCUT2D eigenvalue weighted by Crippen LogP contribution is 2.26. The molecule has 0 spiro atoms. The van der Waals surface area contributed by atoms with E-state index in [1.807, 2.05) is 6.92 Å². The van der Waals surface area contributed by atoms with Crippen LogP contribution < -0.4 is 10.1 Å². The van der Waals surface area contributed by atoms with Gasteiger partial charge in [0.25, 0.3) is 5.91 Å². The summed E-state index contributed by atoms with van der Waals surface area (Å²) in [5.41, 5.74) is -0.140. The second-order valence-corrected chi connectivity index (χ2v) is 5.43. The van der Waals surface area contributed by atoms with Crippen molar-refractivity contribution in [1.29, 1.82) is 0 Å². The fourth-order valence-corrected chi connectivity index (χ4v) is 1.69. The molecule has 0 radical (unpaired) electrons. The first-order valence-electron chi connectivity index (χ1n) is 5.75. The van der Waals surface area contributed by atoms with Gasteiger partial charge in [-0.3, -0.25) is 4.79 Å². The van der Waals surface area contributed by atoms with Crippen molar-refractivity contribution < 1.29 is 14.6 Å². The zero-order chi connectivity index (χ0) is 13.8. The second kappa shape index (κ2) is 6.20. The third kappa shape index (κ3) is 3.99. The number of halogens is 1. The van der Waals surface area contributed by atoms with E-state index in [2.05, 4.69) is 21.2 Å². The highest BCUT2D eigenvalue weighted by Gasteiger charge is 2.20. The molecule has 0 aliphatic carbocycles. The van der Waals surface area contributed by atoms with Gasteiger partial charge in [0.15, 0.2) is 0 Å². The van der Waals surface area contributed by atoms with Crippen LogP contribution in [0.5, 0.6) is 5.75 Å². The maximum absolute atomic E-state index is 12.0. The Labute approximate surface area is 115 Å². The monoisotopic (exact) mass is 315 g/mol. The topological polar surface area (TPSA) is 58.6 Å². The van der Waals surface area contributed by atoms with E-state index in [9.17, 15) is 4.79 Å². The summed E-state index contributed by atoms with van der Waals surface area (Å²) < 4.78 is 6.22. The lowest BCUT2D eigenvalue weighted by Gasteiger charge is -2.23. The van der Waals surface area contributed by atoms with Crippen LogP contribution in [0.1, 0.15) is 31.1 Å². The number of hydrogen-bond acceptors (Lipinski definition) is 3. The van der Waals surface area contributed by atoms with Crippen LogP contribution in [0.4, 0.5) is 0 Å². The van der Waals surface area contributed by atoms with Crippen LogP contribution in [0.25, 0.3) is 0 Å². The standard InChI is InChI=1S/C13H18BrNO3/c1-4-18-11-7-9(5-6-10(11)14)12(17)15-13(2,3)8-16/h5-7,16H,4,8H2,1-3H3,(H,15,17). The predicted molar refractivity (Wildman–Crippen MR) is 73.9 cm³/mol. The molecular formula is C13H18BrNO3. The van der Waals surface area contributed by atoms with E-state index in [1.165, 1.54) is 0 Å². The van der Waals surface area contributed by atoms with E-state index in [0.717, 1.165) is 4.47 Å². The van der Waals surface area contributed by atoms with Crippen molar-refractivity contribution in [2.45, 2.75) is 26.3 Å². The third-order valence-corrected chi connectivity index (χ3v) is 3.00. The number of benzene rings is 1. The molecule has 0 fully saturated rings. The first-order valence-corrected chi connectivity index (χ1v) is 6.54. The normalized spacial score (nSPS) is 11.2. The molecule has 100 valence electrons. The van der Waals surface area contributed by atoms with Gasteiger partial charge in [-0.25, -0.2) is 0 Å². The molecule has 0 atom stereocenters. The Morgan fingerprint density at radius 2 is 2.17 bits per heavy atom. The molecule has 0 heterocycles. The number of amides is 1. The summed E-state index contributed by atoms with van der Waals surface area (Å²) in [6, 6.07) is 5.15. The first kappa shape index (κ1) is 15.0. The van der Waals surface area contributed by atoms with E-state index < -0.39 is 5.54 Å². The summed E-state index contributed by atoms with van der Waals surface area (Å²) in [5.74, 6) is 0.398. The lowest BCUT2D eigenvalue weighted by atomic mass is 10.1. The Balaban J connectivity index is 2.90. The Kier molecular flexibility index (Phi) is 5.16. The van der Waals surface area contributed by atoms with Gasteiger partial charge >= 0.3 is 0 Å². The van der Waals surface area contributed by atoms with Gasteiger partial charge in [0.1, 0.15) is 5.75 Å². The van der Waals surface area contributed by atoms with Crippen LogP contribution in [0.3, 0.4) is 0 Å². The Morgan fingerprint density at radius 1 is 1.50 bits per heavy atom. The number of carbonyl (C=O) groups excluding carboxylic acids is 1. The smallest absolute Gasteiger partial charge is 0.251 e. The minimum Gasteiger partial charge on any atom is -0.493 e. The molecule has 0 bridgehead atoms. The van der Waals surface area contributed by atoms with Crippen molar-refractivity contribution >= 4 is 21.8 Å². The molecule has 4 nitrogen and oxygen atoms in total. The van der Waals surface area contributed by atoms with Crippen LogP contribution in [0, 0.1) is 0 Å². The van der Waals surface area contributed by atoms with Gasteiger partial charge < -0.3 is 15.2 Å². The fourth-order valence-electron chi connectivity index (χ4n) is 1.33. The van der Waals surface area contributed by atoms with Crippen molar-refractivity contribution in [1.82, 2.24) is 5.32 Å². The second-order valence-electron chi connectivity index (χ2n) is 4.57. The molecule has 5 heteroatoms. The van der Waals surface area contributed by atoms with Gasteiger partial charge in [-0.05, 0) is 54.9 Å². The molecule has 0 saturated carbocycles. The quantitative estimate of drug-likeness (QED) is 0.877. The summed E-state index contributed by atoms with van der Waals surface area (Å²) in [5, 5.41) is 11.9. The van der Waals surface area contributed by atoms with E-state index in [1.54, 1.807) is 32.0 Å². The zero-order valence-corrected chi connectivity index (χ0v) is 12.4. The minimum absolute atomic E-state index is 0.117.